The number of hydrogen-bond acceptors (Lipinski definition) is 8. The molecule has 0 amide bonds. The third-order valence-electron chi connectivity index (χ3n) is 1.46. The number of rotatable bonds is 4. The monoisotopic (exact) mass is 383 g/mol. The van der Waals surface area contributed by atoms with E-state index < -0.39 is 29.2 Å². The number of anilines is 1. The first-order valence-electron chi connectivity index (χ1n) is 4.79. The van der Waals surface area contributed by atoms with Gasteiger partial charge in [0.15, 0.2) is 0 Å². The number of aromatic nitrogens is 2. The van der Waals surface area contributed by atoms with E-state index in [1.165, 1.54) is 6.20 Å². The molecular weight excluding hydrogens is 371 g/mol. The second-order valence-corrected chi connectivity index (χ2v) is 7.60. The molecule has 1 aromatic heterocycles. The van der Waals surface area contributed by atoms with Gasteiger partial charge in [0.25, 0.3) is 0 Å². The second-order valence-electron chi connectivity index (χ2n) is 3.40. The van der Waals surface area contributed by atoms with E-state index in [1.54, 1.807) is 6.92 Å². The van der Waals surface area contributed by atoms with Crippen molar-refractivity contribution in [3.63, 3.8) is 0 Å². The lowest BCUT2D eigenvalue weighted by atomic mass is 10.4. The van der Waals surface area contributed by atoms with Crippen molar-refractivity contribution < 1.29 is 46.8 Å². The zero-order valence-electron chi connectivity index (χ0n) is 10.6. The van der Waals surface area contributed by atoms with Crippen LogP contribution in [0.3, 0.4) is 0 Å². The van der Waals surface area contributed by atoms with Crippen molar-refractivity contribution in [1.82, 2.24) is 9.97 Å². The second kappa shape index (κ2) is 7.57. The molecule has 22 heavy (non-hydrogen) atoms. The van der Waals surface area contributed by atoms with Crippen LogP contribution in [0, 0.1) is 6.92 Å². The predicted octanol–water partition coefficient (Wildman–Crippen LogP) is -1.03. The van der Waals surface area contributed by atoms with Gasteiger partial charge in [0.1, 0.15) is 5.82 Å². The van der Waals surface area contributed by atoms with Gasteiger partial charge in [0, 0.05) is 11.8 Å². The Labute approximate surface area is 122 Å². The summed E-state index contributed by atoms with van der Waals surface area (Å²) in [4.78, 5) is 56.4. The highest BCUT2D eigenvalue weighted by molar-refractivity contribution is 7.66. The summed E-state index contributed by atoms with van der Waals surface area (Å²) in [6.45, 7) is 1.78. The highest BCUT2D eigenvalue weighted by Gasteiger charge is 2.38. The van der Waals surface area contributed by atoms with Crippen LogP contribution in [0.25, 0.3) is 0 Å². The van der Waals surface area contributed by atoms with E-state index in [9.17, 15) is 18.5 Å². The van der Waals surface area contributed by atoms with Crippen LogP contribution < -0.4 is 11.4 Å². The number of nitrogens with zero attached hydrogens (tertiary/aromatic N) is 1. The van der Waals surface area contributed by atoms with Gasteiger partial charge >= 0.3 is 29.2 Å². The average molecular weight is 383 g/mol. The number of nitrogens with two attached hydrogens (primary N) is 1. The molecule has 17 heteroatoms. The third-order valence-corrected chi connectivity index (χ3v) is 4.81. The summed E-state index contributed by atoms with van der Waals surface area (Å²) in [6.07, 6.45) is 1.44. The number of aromatic amines is 1. The van der Waals surface area contributed by atoms with E-state index in [-0.39, 0.29) is 0 Å². The van der Waals surface area contributed by atoms with Gasteiger partial charge in [-0.15, -0.1) is 0 Å². The molecule has 0 radical (unpaired) electrons. The van der Waals surface area contributed by atoms with Gasteiger partial charge in [-0.05, 0) is 6.92 Å². The molecule has 0 saturated carbocycles. The highest BCUT2D eigenvalue weighted by atomic mass is 31.3. The van der Waals surface area contributed by atoms with Crippen molar-refractivity contribution in [3.05, 3.63) is 22.2 Å². The van der Waals surface area contributed by atoms with Crippen molar-refractivity contribution in [2.24, 2.45) is 0 Å². The zero-order valence-corrected chi connectivity index (χ0v) is 13.3. The van der Waals surface area contributed by atoms with Crippen LogP contribution in [-0.4, -0.2) is 34.4 Å². The fraction of sp³-hybridized carbons (Fsp3) is 0.200. The van der Waals surface area contributed by atoms with Crippen LogP contribution in [0.1, 0.15) is 5.56 Å². The maximum Gasteiger partial charge on any atom is 0.490 e. The molecule has 1 heterocycles. The van der Waals surface area contributed by atoms with Gasteiger partial charge < -0.3 is 30.2 Å². The SMILES string of the molecule is Cc1cnc(=O)[nH]c1N.O=P(O)(O)OP(=O)(O)OP(=O)(O)O. The molecule has 0 unspecified atom stereocenters. The van der Waals surface area contributed by atoms with Gasteiger partial charge in [0.05, 0.1) is 0 Å². The Bertz CT molecular complexity index is 675. The Hall–Kier alpha value is -0.910. The van der Waals surface area contributed by atoms with Crippen LogP contribution in [-0.2, 0) is 22.3 Å². The van der Waals surface area contributed by atoms with E-state index in [4.69, 9.17) is 30.2 Å². The topological polar surface area (TPSA) is 243 Å². The molecule has 1 aromatic rings. The smallest absolute Gasteiger partial charge is 0.385 e. The number of nitrogens with one attached hydrogen (secondary N) is 1. The Kier molecular flexibility index (Phi) is 7.26. The van der Waals surface area contributed by atoms with Crippen molar-refractivity contribution in [2.75, 3.05) is 5.73 Å². The first-order valence-corrected chi connectivity index (χ1v) is 9.35. The molecule has 14 nitrogen and oxygen atoms in total. The van der Waals surface area contributed by atoms with Crippen LogP contribution >= 0.6 is 23.5 Å². The van der Waals surface area contributed by atoms with E-state index >= 15 is 0 Å². The minimum Gasteiger partial charge on any atom is -0.385 e. The lowest BCUT2D eigenvalue weighted by Crippen LogP contribution is -2.12. The zero-order chi connectivity index (χ0) is 17.8. The summed E-state index contributed by atoms with van der Waals surface area (Å²) < 4.78 is 36.4. The molecule has 0 aliphatic rings. The van der Waals surface area contributed by atoms with Crippen LogP contribution in [0.15, 0.2) is 11.0 Å². The fourth-order valence-corrected chi connectivity index (χ4v) is 3.29. The van der Waals surface area contributed by atoms with Crippen molar-refractivity contribution >= 4 is 29.3 Å². The van der Waals surface area contributed by atoms with Crippen molar-refractivity contribution in [3.8, 4) is 0 Å². The van der Waals surface area contributed by atoms with Gasteiger partial charge in [-0.1, -0.05) is 0 Å². The summed E-state index contributed by atoms with van der Waals surface area (Å²) in [5, 5.41) is 0. The van der Waals surface area contributed by atoms with Crippen LogP contribution in [0.4, 0.5) is 5.82 Å². The van der Waals surface area contributed by atoms with Gasteiger partial charge in [-0.25, -0.2) is 23.5 Å². The third kappa shape index (κ3) is 10.8. The molecule has 0 saturated heterocycles. The fourth-order valence-electron chi connectivity index (χ4n) is 0.755. The van der Waals surface area contributed by atoms with Gasteiger partial charge in [0.2, 0.25) is 0 Å². The molecule has 0 atom stereocenters. The van der Waals surface area contributed by atoms with E-state index in [1.807, 2.05) is 0 Å². The van der Waals surface area contributed by atoms with Crippen molar-refractivity contribution in [1.29, 1.82) is 0 Å². The van der Waals surface area contributed by atoms with E-state index in [2.05, 4.69) is 18.6 Å². The van der Waals surface area contributed by atoms with Crippen LogP contribution in [0.2, 0.25) is 0 Å². The molecule has 0 fully saturated rings. The molecule has 0 aromatic carbocycles. The largest absolute Gasteiger partial charge is 0.490 e. The Morgan fingerprint density at radius 1 is 1.09 bits per heavy atom. The number of hydrogen-bond donors (Lipinski definition) is 7. The normalized spacial score (nSPS) is 12.5. The Balaban J connectivity index is 0.000000425. The standard InChI is InChI=1S/C5H7N3O.H5O10P3/c1-3-2-7-5(9)8-4(3)6;1-11(2,3)9-13(7,8)10-12(4,5)6/h2H,1H3,(H3,6,7,8,9);(H,7,8)(H2,1,2,3)(H2,4,5,6). The molecule has 128 valence electrons. The summed E-state index contributed by atoms with van der Waals surface area (Å²) in [7, 11) is -16.2. The van der Waals surface area contributed by atoms with E-state index in [0.29, 0.717) is 5.82 Å². The summed E-state index contributed by atoms with van der Waals surface area (Å²) in [5.41, 5.74) is 5.71. The summed E-state index contributed by atoms with van der Waals surface area (Å²) in [6, 6.07) is 0. The quantitative estimate of drug-likeness (QED) is 0.308. The summed E-state index contributed by atoms with van der Waals surface area (Å²) in [5.74, 6) is 0.384. The number of phosphoric acid groups is 3. The van der Waals surface area contributed by atoms with E-state index in [0.717, 1.165) is 5.56 Å². The predicted molar refractivity (Wildman–Crippen MR) is 70.1 cm³/mol. The number of aryl methyl sites for hydroxylation is 1. The molecule has 0 spiro atoms. The number of H-pyrrole nitrogens is 1. The van der Waals surface area contributed by atoms with Gasteiger partial charge in [-0.2, -0.15) is 8.62 Å². The van der Waals surface area contributed by atoms with Crippen molar-refractivity contribution in [2.45, 2.75) is 6.92 Å². The molecule has 0 bridgehead atoms. The Morgan fingerprint density at radius 2 is 1.50 bits per heavy atom. The highest BCUT2D eigenvalue weighted by Crippen LogP contribution is 2.64. The number of nitrogen functional groups attached to an aromatic ring is 1. The molecule has 0 aliphatic carbocycles. The lowest BCUT2D eigenvalue weighted by molar-refractivity contribution is 0.204. The minimum atomic E-state index is -5.46. The van der Waals surface area contributed by atoms with Gasteiger partial charge in [-0.3, -0.25) is 4.98 Å². The first-order chi connectivity index (χ1) is 9.61. The molecular formula is C5H12N3O11P3. The maximum atomic E-state index is 10.4. The molecule has 1 rings (SSSR count). The van der Waals surface area contributed by atoms with Crippen LogP contribution in [0.5, 0.6) is 0 Å². The summed E-state index contributed by atoms with van der Waals surface area (Å²) >= 11 is 0. The maximum absolute atomic E-state index is 10.4. The lowest BCUT2D eigenvalue weighted by Gasteiger charge is -2.11. The molecule has 0 aliphatic heterocycles. The first kappa shape index (κ1) is 21.1. The minimum absolute atomic E-state index is 0.384. The average Bonchev–Trinajstić information content (AvgIpc) is 2.17. The molecule has 8 N–H and O–H groups in total. The Morgan fingerprint density at radius 3 is 1.77 bits per heavy atom.